The molecule has 0 amide bonds. The number of pyridine rings is 1. The van der Waals surface area contributed by atoms with Crippen LogP contribution in [0.2, 0.25) is 0 Å². The average molecular weight is 325 g/mol. The molecule has 0 bridgehead atoms. The molecule has 19 heavy (non-hydrogen) atoms. The molecule has 104 valence electrons. The summed E-state index contributed by atoms with van der Waals surface area (Å²) in [5, 5.41) is 7.67. The van der Waals surface area contributed by atoms with Crippen molar-refractivity contribution in [1.82, 2.24) is 14.6 Å². The van der Waals surface area contributed by atoms with Crippen molar-refractivity contribution in [3.8, 4) is 0 Å². The van der Waals surface area contributed by atoms with Crippen molar-refractivity contribution in [1.29, 1.82) is 0 Å². The molecule has 0 aliphatic heterocycles. The van der Waals surface area contributed by atoms with Crippen molar-refractivity contribution in [2.24, 2.45) is 0 Å². The van der Waals surface area contributed by atoms with E-state index in [9.17, 15) is 0 Å². The van der Waals surface area contributed by atoms with E-state index in [4.69, 9.17) is 0 Å². The first-order chi connectivity index (χ1) is 9.29. The molecule has 0 spiro atoms. The Morgan fingerprint density at radius 2 is 1.95 bits per heavy atom. The van der Waals surface area contributed by atoms with Crippen LogP contribution in [0.25, 0.3) is 5.65 Å². The van der Waals surface area contributed by atoms with Gasteiger partial charge in [0.15, 0.2) is 5.65 Å². The maximum absolute atomic E-state index is 4.42. The minimum Gasteiger partial charge on any atom is -0.353 e. The van der Waals surface area contributed by atoms with Gasteiger partial charge in [-0.05, 0) is 34.5 Å². The lowest BCUT2D eigenvalue weighted by atomic mass is 10.1. The second-order valence-corrected chi connectivity index (χ2v) is 5.70. The molecule has 0 fully saturated rings. The van der Waals surface area contributed by atoms with Crippen molar-refractivity contribution in [3.05, 3.63) is 22.8 Å². The number of rotatable bonds is 8. The van der Waals surface area contributed by atoms with E-state index < -0.39 is 0 Å². The van der Waals surface area contributed by atoms with Gasteiger partial charge in [-0.3, -0.25) is 0 Å². The summed E-state index contributed by atoms with van der Waals surface area (Å²) in [7, 11) is 0. The number of anilines is 1. The second-order valence-electron chi connectivity index (χ2n) is 4.78. The Labute approximate surface area is 122 Å². The number of hydrogen-bond donors (Lipinski definition) is 1. The molecule has 0 radical (unpaired) electrons. The smallest absolute Gasteiger partial charge is 0.243 e. The van der Waals surface area contributed by atoms with E-state index in [1.807, 2.05) is 18.3 Å². The van der Waals surface area contributed by atoms with Crippen LogP contribution in [-0.4, -0.2) is 21.1 Å². The van der Waals surface area contributed by atoms with Gasteiger partial charge in [0.25, 0.3) is 0 Å². The van der Waals surface area contributed by atoms with Gasteiger partial charge in [-0.1, -0.05) is 39.0 Å². The zero-order valence-electron chi connectivity index (χ0n) is 11.4. The van der Waals surface area contributed by atoms with E-state index in [1.54, 1.807) is 4.52 Å². The Bertz CT molecular complexity index is 509. The standard InChI is InChI=1S/C14H21BrN4/c1-2-3-4-5-6-7-10-16-14-17-13-9-8-12(15)11-19(13)18-14/h8-9,11H,2-7,10H2,1H3,(H,16,18). The molecule has 4 nitrogen and oxygen atoms in total. The molecular weight excluding hydrogens is 304 g/mol. The number of nitrogens with one attached hydrogen (secondary N) is 1. The molecule has 0 saturated heterocycles. The Morgan fingerprint density at radius 1 is 1.16 bits per heavy atom. The molecule has 2 rings (SSSR count). The Hall–Kier alpha value is -1.10. The zero-order valence-corrected chi connectivity index (χ0v) is 13.0. The van der Waals surface area contributed by atoms with Gasteiger partial charge in [0.2, 0.25) is 5.95 Å². The maximum Gasteiger partial charge on any atom is 0.243 e. The fourth-order valence-corrected chi connectivity index (χ4v) is 2.36. The lowest BCUT2D eigenvalue weighted by Crippen LogP contribution is -2.03. The lowest BCUT2D eigenvalue weighted by molar-refractivity contribution is 0.616. The van der Waals surface area contributed by atoms with Gasteiger partial charge < -0.3 is 5.32 Å². The molecule has 0 aliphatic carbocycles. The predicted molar refractivity (Wildman–Crippen MR) is 82.6 cm³/mol. The average Bonchev–Trinajstić information content (AvgIpc) is 2.79. The monoisotopic (exact) mass is 324 g/mol. The molecule has 2 aromatic heterocycles. The number of unbranched alkanes of at least 4 members (excludes halogenated alkanes) is 5. The number of aromatic nitrogens is 3. The molecular formula is C14H21BrN4. The summed E-state index contributed by atoms with van der Waals surface area (Å²) in [5.41, 5.74) is 0.869. The van der Waals surface area contributed by atoms with Gasteiger partial charge >= 0.3 is 0 Å². The maximum atomic E-state index is 4.42. The topological polar surface area (TPSA) is 42.2 Å². The third-order valence-electron chi connectivity index (χ3n) is 3.11. The van der Waals surface area contributed by atoms with Crippen LogP contribution in [0.4, 0.5) is 5.95 Å². The van der Waals surface area contributed by atoms with Crippen LogP contribution < -0.4 is 5.32 Å². The lowest BCUT2D eigenvalue weighted by Gasteiger charge is -2.01. The van der Waals surface area contributed by atoms with Crippen LogP contribution in [0.1, 0.15) is 45.4 Å². The van der Waals surface area contributed by atoms with E-state index in [-0.39, 0.29) is 0 Å². The van der Waals surface area contributed by atoms with Gasteiger partial charge in [0.1, 0.15) is 0 Å². The fraction of sp³-hybridized carbons (Fsp3) is 0.571. The number of hydrogen-bond acceptors (Lipinski definition) is 3. The van der Waals surface area contributed by atoms with Crippen molar-refractivity contribution >= 4 is 27.5 Å². The van der Waals surface area contributed by atoms with E-state index in [2.05, 4.69) is 38.3 Å². The highest BCUT2D eigenvalue weighted by Crippen LogP contribution is 2.12. The molecule has 0 saturated carbocycles. The molecule has 0 aromatic carbocycles. The highest BCUT2D eigenvalue weighted by molar-refractivity contribution is 9.10. The van der Waals surface area contributed by atoms with E-state index >= 15 is 0 Å². The van der Waals surface area contributed by atoms with E-state index in [0.717, 1.165) is 16.7 Å². The van der Waals surface area contributed by atoms with Gasteiger partial charge in [-0.2, -0.15) is 4.98 Å². The zero-order chi connectivity index (χ0) is 13.5. The van der Waals surface area contributed by atoms with Crippen LogP contribution >= 0.6 is 15.9 Å². The third kappa shape index (κ3) is 4.49. The van der Waals surface area contributed by atoms with E-state index in [1.165, 1.54) is 38.5 Å². The molecule has 2 heterocycles. The molecule has 2 aromatic rings. The van der Waals surface area contributed by atoms with Gasteiger partial charge in [0.05, 0.1) is 0 Å². The molecule has 0 atom stereocenters. The summed E-state index contributed by atoms with van der Waals surface area (Å²) in [6.07, 6.45) is 9.74. The minimum atomic E-state index is 0.714. The fourth-order valence-electron chi connectivity index (χ4n) is 2.04. The highest BCUT2D eigenvalue weighted by Gasteiger charge is 2.02. The summed E-state index contributed by atoms with van der Waals surface area (Å²) >= 11 is 3.43. The van der Waals surface area contributed by atoms with E-state index in [0.29, 0.717) is 5.95 Å². The Kier molecular flexibility index (Phi) is 5.63. The third-order valence-corrected chi connectivity index (χ3v) is 3.58. The van der Waals surface area contributed by atoms with Crippen molar-refractivity contribution < 1.29 is 0 Å². The second kappa shape index (κ2) is 7.48. The summed E-state index contributed by atoms with van der Waals surface area (Å²) in [6.45, 7) is 3.19. The molecule has 0 unspecified atom stereocenters. The van der Waals surface area contributed by atoms with Gasteiger partial charge in [-0.15, -0.1) is 5.10 Å². The number of fused-ring (bicyclic) bond motifs is 1. The van der Waals surface area contributed by atoms with Crippen LogP contribution in [0.15, 0.2) is 22.8 Å². The van der Waals surface area contributed by atoms with Crippen LogP contribution in [-0.2, 0) is 0 Å². The van der Waals surface area contributed by atoms with Crippen LogP contribution in [0, 0.1) is 0 Å². The number of halogens is 1. The van der Waals surface area contributed by atoms with Gasteiger partial charge in [-0.25, -0.2) is 4.52 Å². The summed E-state index contributed by atoms with van der Waals surface area (Å²) in [6, 6.07) is 3.93. The van der Waals surface area contributed by atoms with Crippen LogP contribution in [0.5, 0.6) is 0 Å². The summed E-state index contributed by atoms with van der Waals surface area (Å²) in [4.78, 5) is 4.42. The Balaban J connectivity index is 1.72. The molecule has 0 aliphatic rings. The Morgan fingerprint density at radius 3 is 2.79 bits per heavy atom. The number of nitrogens with zero attached hydrogens (tertiary/aromatic N) is 3. The quantitative estimate of drug-likeness (QED) is 0.737. The first-order valence-corrected chi connectivity index (χ1v) is 7.84. The largest absolute Gasteiger partial charge is 0.353 e. The van der Waals surface area contributed by atoms with Gasteiger partial charge in [0, 0.05) is 17.2 Å². The SMILES string of the molecule is CCCCCCCCNc1nc2ccc(Br)cn2n1. The highest BCUT2D eigenvalue weighted by atomic mass is 79.9. The first-order valence-electron chi connectivity index (χ1n) is 7.05. The summed E-state index contributed by atoms with van der Waals surface area (Å²) < 4.78 is 2.79. The summed E-state index contributed by atoms with van der Waals surface area (Å²) in [5.74, 6) is 0.714. The molecule has 1 N–H and O–H groups in total. The first kappa shape index (κ1) is 14.3. The normalized spacial score (nSPS) is 11.1. The molecule has 5 heteroatoms. The minimum absolute atomic E-state index is 0.714. The predicted octanol–water partition coefficient (Wildman–Crippen LogP) is 4.26. The van der Waals surface area contributed by atoms with Crippen LogP contribution in [0.3, 0.4) is 0 Å². The van der Waals surface area contributed by atoms with Crippen molar-refractivity contribution in [2.75, 3.05) is 11.9 Å². The van der Waals surface area contributed by atoms with Crippen molar-refractivity contribution in [2.45, 2.75) is 45.4 Å². The van der Waals surface area contributed by atoms with Crippen molar-refractivity contribution in [3.63, 3.8) is 0 Å².